The van der Waals surface area contributed by atoms with Crippen LogP contribution in [0.15, 0.2) is 42.7 Å². The van der Waals surface area contributed by atoms with E-state index >= 15 is 0 Å². The van der Waals surface area contributed by atoms with Gasteiger partial charge in [0.2, 0.25) is 0 Å². The van der Waals surface area contributed by atoms with Crippen LogP contribution in [0, 0.1) is 5.92 Å². The lowest BCUT2D eigenvalue weighted by Crippen LogP contribution is -2.40. The number of rotatable bonds is 4. The Morgan fingerprint density at radius 1 is 1.03 bits per heavy atom. The average molecular weight is 460 g/mol. The molecule has 2 aliphatic heterocycles. The number of nitrogens with zero attached hydrogens (tertiary/aromatic N) is 4. The van der Waals surface area contributed by atoms with Gasteiger partial charge in [0.1, 0.15) is 11.3 Å². The largest absolute Gasteiger partial charge is 0.573 e. The first-order valence-corrected chi connectivity index (χ1v) is 11.0. The third kappa shape index (κ3) is 3.57. The molecular weight excluding hydrogens is 437 g/mol. The molecule has 1 aliphatic carbocycles. The molecule has 3 amide bonds. The Hall–Kier alpha value is -3.30. The Labute approximate surface area is 188 Å². The number of hydrogen-bond acceptors (Lipinski definition) is 5. The number of pyridine rings is 1. The van der Waals surface area contributed by atoms with E-state index in [0.29, 0.717) is 12.1 Å². The van der Waals surface area contributed by atoms with E-state index in [1.807, 2.05) is 6.92 Å². The number of alkyl halides is 3. The third-order valence-electron chi connectivity index (χ3n) is 6.67. The molecule has 1 saturated carbocycles. The molecule has 3 fully saturated rings. The number of piperidine rings is 1. The smallest absolute Gasteiger partial charge is 0.406 e. The van der Waals surface area contributed by atoms with E-state index in [9.17, 15) is 22.8 Å². The maximum Gasteiger partial charge on any atom is 0.573 e. The van der Waals surface area contributed by atoms with E-state index in [1.165, 1.54) is 12.1 Å². The van der Waals surface area contributed by atoms with Crippen molar-refractivity contribution in [3.8, 4) is 5.75 Å². The fraction of sp³-hybridized carbons (Fsp3) is 0.435. The molecule has 2 aromatic rings. The number of anilines is 3. The summed E-state index contributed by atoms with van der Waals surface area (Å²) in [5.41, 5.74) is 0.653. The van der Waals surface area contributed by atoms with Crippen molar-refractivity contribution in [2.45, 2.75) is 44.5 Å². The number of urea groups is 1. The lowest BCUT2D eigenvalue weighted by atomic mass is 10.1. The third-order valence-corrected chi connectivity index (χ3v) is 6.67. The van der Waals surface area contributed by atoms with Crippen LogP contribution in [0.2, 0.25) is 0 Å². The first kappa shape index (κ1) is 21.5. The number of carbonyl (C=O) groups is 2. The van der Waals surface area contributed by atoms with Gasteiger partial charge in [-0.3, -0.25) is 14.7 Å². The zero-order chi connectivity index (χ0) is 23.4. The topological polar surface area (TPSA) is 66.0 Å². The van der Waals surface area contributed by atoms with Crippen LogP contribution < -0.4 is 19.4 Å². The molecule has 0 N–H and O–H groups in total. The molecule has 2 saturated heterocycles. The lowest BCUT2D eigenvalue weighted by Gasteiger charge is -2.33. The van der Waals surface area contributed by atoms with Crippen molar-refractivity contribution in [1.29, 1.82) is 0 Å². The fourth-order valence-corrected chi connectivity index (χ4v) is 4.95. The van der Waals surface area contributed by atoms with Crippen LogP contribution in [0.4, 0.5) is 35.0 Å². The molecule has 174 valence electrons. The van der Waals surface area contributed by atoms with Gasteiger partial charge in [-0.1, -0.05) is 6.92 Å². The molecule has 5 rings (SSSR count). The molecule has 0 bridgehead atoms. The summed E-state index contributed by atoms with van der Waals surface area (Å²) in [7, 11) is 0. The minimum absolute atomic E-state index is 0.0471. The molecule has 2 atom stereocenters. The molecule has 3 heterocycles. The van der Waals surface area contributed by atoms with Gasteiger partial charge in [-0.25, -0.2) is 9.69 Å². The minimum Gasteiger partial charge on any atom is -0.406 e. The fourth-order valence-electron chi connectivity index (χ4n) is 4.95. The second kappa shape index (κ2) is 7.64. The van der Waals surface area contributed by atoms with Gasteiger partial charge in [-0.15, -0.1) is 13.2 Å². The molecule has 10 heteroatoms. The van der Waals surface area contributed by atoms with Crippen LogP contribution in [0.5, 0.6) is 5.75 Å². The number of hydrogen-bond donors (Lipinski definition) is 0. The first-order chi connectivity index (χ1) is 15.7. The lowest BCUT2D eigenvalue weighted by molar-refractivity contribution is -0.274. The summed E-state index contributed by atoms with van der Waals surface area (Å²) in [5.74, 6) is -0.835. The van der Waals surface area contributed by atoms with Crippen molar-refractivity contribution in [2.24, 2.45) is 5.92 Å². The molecule has 0 radical (unpaired) electrons. The molecule has 3 aliphatic rings. The monoisotopic (exact) mass is 460 g/mol. The molecule has 1 spiro atoms. The maximum absolute atomic E-state index is 13.6. The second-order valence-electron chi connectivity index (χ2n) is 8.74. The van der Waals surface area contributed by atoms with Gasteiger partial charge in [-0.2, -0.15) is 0 Å². The van der Waals surface area contributed by atoms with Crippen molar-refractivity contribution in [2.75, 3.05) is 27.8 Å². The summed E-state index contributed by atoms with van der Waals surface area (Å²) in [6, 6.07) is 6.02. The van der Waals surface area contributed by atoms with Gasteiger partial charge < -0.3 is 9.64 Å². The van der Waals surface area contributed by atoms with Crippen LogP contribution >= 0.6 is 0 Å². The molecule has 7 nitrogen and oxygen atoms in total. The predicted octanol–water partition coefficient (Wildman–Crippen LogP) is 4.72. The summed E-state index contributed by atoms with van der Waals surface area (Å²) < 4.78 is 41.4. The van der Waals surface area contributed by atoms with Gasteiger partial charge in [-0.05, 0) is 61.9 Å². The highest BCUT2D eigenvalue weighted by Crippen LogP contribution is 2.56. The quantitative estimate of drug-likeness (QED) is 0.618. The van der Waals surface area contributed by atoms with E-state index in [2.05, 4.69) is 14.6 Å². The number of imide groups is 1. The van der Waals surface area contributed by atoms with Gasteiger partial charge in [0.15, 0.2) is 0 Å². The predicted molar refractivity (Wildman–Crippen MR) is 115 cm³/mol. The van der Waals surface area contributed by atoms with Crippen LogP contribution in [0.1, 0.15) is 32.6 Å². The molecule has 1 aromatic carbocycles. The second-order valence-corrected chi connectivity index (χ2v) is 8.74. The van der Waals surface area contributed by atoms with Crippen molar-refractivity contribution >= 4 is 29.0 Å². The highest BCUT2D eigenvalue weighted by Gasteiger charge is 2.71. The highest BCUT2D eigenvalue weighted by atomic mass is 19.4. The van der Waals surface area contributed by atoms with E-state index in [1.54, 1.807) is 23.4 Å². The first-order valence-electron chi connectivity index (χ1n) is 11.0. The van der Waals surface area contributed by atoms with Crippen LogP contribution in [-0.4, -0.2) is 41.9 Å². The summed E-state index contributed by atoms with van der Waals surface area (Å²) >= 11 is 0. The van der Waals surface area contributed by atoms with Gasteiger partial charge in [0.25, 0.3) is 5.91 Å². The Kier molecular flexibility index (Phi) is 4.98. The standard InChI is InChI=1S/C23H23F3N4O3/c1-15-13-22(15)20(31)29(16-5-7-17(8-6-16)33-23(24,25)26)21(32)30(22)18-9-10-27-14-19(18)28-11-3-2-4-12-28/h5-10,14-15H,2-4,11-13H2,1H3. The van der Waals surface area contributed by atoms with E-state index in [0.717, 1.165) is 55.1 Å². The Morgan fingerprint density at radius 3 is 2.30 bits per heavy atom. The van der Waals surface area contributed by atoms with Gasteiger partial charge in [0.05, 0.1) is 23.3 Å². The van der Waals surface area contributed by atoms with Crippen LogP contribution in [-0.2, 0) is 4.79 Å². The van der Waals surface area contributed by atoms with Crippen molar-refractivity contribution in [3.63, 3.8) is 0 Å². The maximum atomic E-state index is 13.6. The molecular formula is C23H23F3N4O3. The summed E-state index contributed by atoms with van der Waals surface area (Å²) in [4.78, 5) is 36.2. The zero-order valence-electron chi connectivity index (χ0n) is 18.0. The normalized spacial score (nSPS) is 25.2. The van der Waals surface area contributed by atoms with Crippen LogP contribution in [0.25, 0.3) is 0 Å². The minimum atomic E-state index is -4.82. The number of carbonyl (C=O) groups excluding carboxylic acids is 2. The summed E-state index contributed by atoms with van der Waals surface area (Å²) in [5, 5.41) is 0. The van der Waals surface area contributed by atoms with Gasteiger partial charge >= 0.3 is 12.4 Å². The van der Waals surface area contributed by atoms with Gasteiger partial charge in [0, 0.05) is 19.3 Å². The zero-order valence-corrected chi connectivity index (χ0v) is 18.0. The number of halogens is 3. The average Bonchev–Trinajstić information content (AvgIpc) is 3.40. The summed E-state index contributed by atoms with van der Waals surface area (Å²) in [6.07, 6.45) is 2.26. The SMILES string of the molecule is CC1CC12C(=O)N(c1ccc(OC(F)(F)F)cc1)C(=O)N2c1ccncc1N1CCCCC1. The van der Waals surface area contributed by atoms with E-state index < -0.39 is 23.7 Å². The van der Waals surface area contributed by atoms with Crippen molar-refractivity contribution in [3.05, 3.63) is 42.7 Å². The van der Waals surface area contributed by atoms with E-state index in [4.69, 9.17) is 0 Å². The molecule has 33 heavy (non-hydrogen) atoms. The van der Waals surface area contributed by atoms with Crippen molar-refractivity contribution < 1.29 is 27.5 Å². The van der Waals surface area contributed by atoms with Crippen LogP contribution in [0.3, 0.4) is 0 Å². The Morgan fingerprint density at radius 2 is 1.70 bits per heavy atom. The Bertz CT molecular complexity index is 1090. The highest BCUT2D eigenvalue weighted by molar-refractivity contribution is 6.32. The summed E-state index contributed by atoms with van der Waals surface area (Å²) in [6.45, 7) is 3.62. The Balaban J connectivity index is 1.51. The number of benzene rings is 1. The molecule has 1 aromatic heterocycles. The van der Waals surface area contributed by atoms with Crippen molar-refractivity contribution in [1.82, 2.24) is 4.98 Å². The number of ether oxygens (including phenoxy) is 1. The molecule has 2 unspecified atom stereocenters. The number of aromatic nitrogens is 1. The van der Waals surface area contributed by atoms with E-state index in [-0.39, 0.29) is 17.5 Å². The number of amides is 3.